The Bertz CT molecular complexity index is 218. The van der Waals surface area contributed by atoms with Gasteiger partial charge >= 0.3 is 5.97 Å². The van der Waals surface area contributed by atoms with Crippen molar-refractivity contribution in [3.8, 4) is 0 Å². The molecule has 4 N–H and O–H groups in total. The van der Waals surface area contributed by atoms with Crippen LogP contribution in [0.4, 0.5) is 0 Å². The third-order valence-corrected chi connectivity index (χ3v) is 2.80. The maximum Gasteiger partial charge on any atom is 0.336 e. The molecular weight excluding hydrogens is 218 g/mol. The molecule has 0 bridgehead atoms. The first-order valence-corrected chi connectivity index (χ1v) is 5.98. The van der Waals surface area contributed by atoms with E-state index in [1.54, 1.807) is 6.92 Å². The summed E-state index contributed by atoms with van der Waals surface area (Å²) in [5.41, 5.74) is -2.69. The Kier molecular flexibility index (Phi) is 5.58. The van der Waals surface area contributed by atoms with Crippen LogP contribution in [-0.2, 0) is 4.79 Å². The SMILES string of the molecule is CSCC(C)(O)CNCC(C)(O)C(=O)O. The number of rotatable bonds is 7. The third kappa shape index (κ3) is 5.99. The molecule has 5 nitrogen and oxygen atoms in total. The highest BCUT2D eigenvalue weighted by molar-refractivity contribution is 7.98. The molecule has 0 aliphatic heterocycles. The lowest BCUT2D eigenvalue weighted by atomic mass is 10.1. The Hall–Kier alpha value is -0.300. The molecule has 0 aromatic carbocycles. The summed E-state index contributed by atoms with van der Waals surface area (Å²) in [6, 6.07) is 0. The van der Waals surface area contributed by atoms with Gasteiger partial charge in [-0.15, -0.1) is 0 Å². The predicted octanol–water partition coefficient (Wildman–Crippen LogP) is -0.474. The van der Waals surface area contributed by atoms with Gasteiger partial charge in [-0.3, -0.25) is 0 Å². The second kappa shape index (κ2) is 5.69. The predicted molar refractivity (Wildman–Crippen MR) is 60.1 cm³/mol. The standard InChI is InChI=1S/C9H19NO4S/c1-8(13,6-15-3)4-10-5-9(2,14)7(11)12/h10,13-14H,4-6H2,1-3H3,(H,11,12). The van der Waals surface area contributed by atoms with Gasteiger partial charge < -0.3 is 20.6 Å². The smallest absolute Gasteiger partial charge is 0.336 e. The fraction of sp³-hybridized carbons (Fsp3) is 0.889. The monoisotopic (exact) mass is 237 g/mol. The summed E-state index contributed by atoms with van der Waals surface area (Å²) in [7, 11) is 0. The summed E-state index contributed by atoms with van der Waals surface area (Å²) in [4.78, 5) is 10.5. The van der Waals surface area contributed by atoms with E-state index in [0.717, 1.165) is 0 Å². The topological polar surface area (TPSA) is 89.8 Å². The number of nitrogens with one attached hydrogen (secondary N) is 1. The molecule has 0 aromatic heterocycles. The molecule has 0 saturated carbocycles. The van der Waals surface area contributed by atoms with Gasteiger partial charge in [-0.2, -0.15) is 11.8 Å². The Morgan fingerprint density at radius 2 is 1.87 bits per heavy atom. The fourth-order valence-corrected chi connectivity index (χ4v) is 1.74. The van der Waals surface area contributed by atoms with Crippen molar-refractivity contribution in [1.29, 1.82) is 0 Å². The van der Waals surface area contributed by atoms with E-state index in [9.17, 15) is 15.0 Å². The van der Waals surface area contributed by atoms with Gasteiger partial charge in [0.1, 0.15) is 0 Å². The van der Waals surface area contributed by atoms with Crippen LogP contribution < -0.4 is 5.32 Å². The fourth-order valence-electron chi connectivity index (χ4n) is 1.01. The van der Waals surface area contributed by atoms with Crippen LogP contribution in [0.3, 0.4) is 0 Å². The number of hydrogen-bond acceptors (Lipinski definition) is 5. The van der Waals surface area contributed by atoms with Crippen LogP contribution in [0.1, 0.15) is 13.8 Å². The van der Waals surface area contributed by atoms with Gasteiger partial charge in [-0.25, -0.2) is 4.79 Å². The molecule has 0 aliphatic rings. The van der Waals surface area contributed by atoms with Gasteiger partial charge in [-0.1, -0.05) is 0 Å². The van der Waals surface area contributed by atoms with E-state index >= 15 is 0 Å². The van der Waals surface area contributed by atoms with Crippen molar-refractivity contribution >= 4 is 17.7 Å². The van der Waals surface area contributed by atoms with Crippen molar-refractivity contribution in [2.75, 3.05) is 25.1 Å². The van der Waals surface area contributed by atoms with Crippen molar-refractivity contribution in [3.63, 3.8) is 0 Å². The van der Waals surface area contributed by atoms with Crippen molar-refractivity contribution in [2.24, 2.45) is 0 Å². The summed E-state index contributed by atoms with van der Waals surface area (Å²) in [6.45, 7) is 3.03. The van der Waals surface area contributed by atoms with E-state index < -0.39 is 17.2 Å². The molecule has 6 heteroatoms. The zero-order chi connectivity index (χ0) is 12.1. The molecule has 0 aromatic rings. The zero-order valence-electron chi connectivity index (χ0n) is 9.28. The number of carboxylic acid groups (broad SMARTS) is 1. The minimum absolute atomic E-state index is 0.0904. The van der Waals surface area contributed by atoms with Gasteiger partial charge in [0.05, 0.1) is 5.60 Å². The van der Waals surface area contributed by atoms with Crippen LogP contribution in [-0.4, -0.2) is 57.6 Å². The van der Waals surface area contributed by atoms with Crippen LogP contribution in [0.15, 0.2) is 0 Å². The Morgan fingerprint density at radius 3 is 2.27 bits per heavy atom. The molecule has 2 unspecified atom stereocenters. The van der Waals surface area contributed by atoms with Crippen LogP contribution >= 0.6 is 11.8 Å². The van der Waals surface area contributed by atoms with Crippen LogP contribution in [0.25, 0.3) is 0 Å². The second-order valence-electron chi connectivity index (χ2n) is 4.11. The van der Waals surface area contributed by atoms with Crippen LogP contribution in [0, 0.1) is 0 Å². The van der Waals surface area contributed by atoms with Crippen LogP contribution in [0.5, 0.6) is 0 Å². The molecule has 2 atom stereocenters. The molecule has 0 fully saturated rings. The van der Waals surface area contributed by atoms with Crippen molar-refractivity contribution in [3.05, 3.63) is 0 Å². The largest absolute Gasteiger partial charge is 0.479 e. The minimum atomic E-state index is -1.80. The molecular formula is C9H19NO4S. The van der Waals surface area contributed by atoms with Gasteiger partial charge in [0.15, 0.2) is 5.60 Å². The highest BCUT2D eigenvalue weighted by Gasteiger charge is 2.30. The second-order valence-corrected chi connectivity index (χ2v) is 4.98. The Morgan fingerprint density at radius 1 is 1.33 bits per heavy atom. The average Bonchev–Trinajstić information content (AvgIpc) is 2.02. The molecule has 0 amide bonds. The maximum atomic E-state index is 10.5. The lowest BCUT2D eigenvalue weighted by Gasteiger charge is -2.25. The van der Waals surface area contributed by atoms with Crippen LogP contribution in [0.2, 0.25) is 0 Å². The maximum absolute atomic E-state index is 10.5. The molecule has 0 heterocycles. The first-order valence-electron chi connectivity index (χ1n) is 4.59. The lowest BCUT2D eigenvalue weighted by molar-refractivity contribution is -0.156. The van der Waals surface area contributed by atoms with E-state index in [2.05, 4.69) is 5.32 Å². The van der Waals surface area contributed by atoms with Gasteiger partial charge in [-0.05, 0) is 20.1 Å². The van der Waals surface area contributed by atoms with E-state index in [1.807, 2.05) is 6.26 Å². The molecule has 15 heavy (non-hydrogen) atoms. The molecule has 90 valence electrons. The Labute approximate surface area is 93.9 Å². The van der Waals surface area contributed by atoms with Crippen molar-refractivity contribution in [1.82, 2.24) is 5.32 Å². The first-order chi connectivity index (χ1) is 6.71. The minimum Gasteiger partial charge on any atom is -0.479 e. The summed E-state index contributed by atoms with van der Waals surface area (Å²) in [5, 5.41) is 30.5. The number of carbonyl (C=O) groups is 1. The lowest BCUT2D eigenvalue weighted by Crippen LogP contribution is -2.49. The first kappa shape index (κ1) is 14.7. The summed E-state index contributed by atoms with van der Waals surface area (Å²) < 4.78 is 0. The van der Waals surface area contributed by atoms with E-state index in [1.165, 1.54) is 18.7 Å². The van der Waals surface area contributed by atoms with Crippen molar-refractivity contribution in [2.45, 2.75) is 25.0 Å². The van der Waals surface area contributed by atoms with Gasteiger partial charge in [0.25, 0.3) is 0 Å². The number of aliphatic carboxylic acids is 1. The van der Waals surface area contributed by atoms with E-state index in [0.29, 0.717) is 5.75 Å². The molecule has 0 saturated heterocycles. The molecule has 0 spiro atoms. The normalized spacial score (nSPS) is 19.3. The highest BCUT2D eigenvalue weighted by atomic mass is 32.2. The summed E-state index contributed by atoms with van der Waals surface area (Å²) in [5.74, 6) is -0.727. The molecule has 0 rings (SSSR count). The molecule has 0 aliphatic carbocycles. The number of aliphatic hydroxyl groups is 2. The van der Waals surface area contributed by atoms with Crippen molar-refractivity contribution < 1.29 is 20.1 Å². The summed E-state index contributed by atoms with van der Waals surface area (Å²) in [6.07, 6.45) is 1.88. The van der Waals surface area contributed by atoms with Gasteiger partial charge in [0.2, 0.25) is 0 Å². The van der Waals surface area contributed by atoms with E-state index in [-0.39, 0.29) is 13.1 Å². The number of thioether (sulfide) groups is 1. The number of carboxylic acids is 1. The quantitative estimate of drug-likeness (QED) is 0.478. The van der Waals surface area contributed by atoms with E-state index in [4.69, 9.17) is 5.11 Å². The van der Waals surface area contributed by atoms with Gasteiger partial charge in [0, 0.05) is 18.8 Å². The average molecular weight is 237 g/mol. The zero-order valence-corrected chi connectivity index (χ0v) is 10.1. The Balaban J connectivity index is 3.93. The third-order valence-electron chi connectivity index (χ3n) is 1.89. The number of hydrogen-bond donors (Lipinski definition) is 4. The summed E-state index contributed by atoms with van der Waals surface area (Å²) >= 11 is 1.50. The highest BCUT2D eigenvalue weighted by Crippen LogP contribution is 2.09. The molecule has 0 radical (unpaired) electrons.